The van der Waals surface area contributed by atoms with Gasteiger partial charge in [-0.1, -0.05) is 16.8 Å². The molecule has 0 bridgehead atoms. The Balaban J connectivity index is 1.66. The number of amides is 1. The van der Waals surface area contributed by atoms with Crippen molar-refractivity contribution in [1.29, 1.82) is 0 Å². The number of aromatic nitrogens is 2. The first-order chi connectivity index (χ1) is 12.5. The Labute approximate surface area is 154 Å². The van der Waals surface area contributed by atoms with Crippen LogP contribution in [-0.4, -0.2) is 29.7 Å². The van der Waals surface area contributed by atoms with E-state index in [-0.39, 0.29) is 17.9 Å². The molecule has 0 aliphatic carbocycles. The second-order valence-electron chi connectivity index (χ2n) is 5.90. The minimum absolute atomic E-state index is 0.140. The van der Waals surface area contributed by atoms with Crippen LogP contribution in [0.2, 0.25) is 5.02 Å². The van der Waals surface area contributed by atoms with Crippen molar-refractivity contribution >= 4 is 28.4 Å². The quantitative estimate of drug-likeness (QED) is 0.689. The van der Waals surface area contributed by atoms with Gasteiger partial charge in [0.25, 0.3) is 5.56 Å². The maximum absolute atomic E-state index is 12.2. The Hall–Kier alpha value is -2.80. The molecule has 0 aliphatic rings. The number of aromatic amines is 1. The number of nitrogens with one attached hydrogen (secondary N) is 2. The maximum Gasteiger partial charge on any atom is 0.251 e. The van der Waals surface area contributed by atoms with Gasteiger partial charge in [0.05, 0.1) is 29.8 Å². The lowest BCUT2D eigenvalue weighted by molar-refractivity contribution is -0.120. The minimum Gasteiger partial charge on any atom is -0.495 e. The third kappa shape index (κ3) is 4.05. The van der Waals surface area contributed by atoms with Crippen molar-refractivity contribution in [2.45, 2.75) is 19.8 Å². The Morgan fingerprint density at radius 3 is 2.85 bits per heavy atom. The van der Waals surface area contributed by atoms with E-state index < -0.39 is 0 Å². The molecule has 7 nitrogen and oxygen atoms in total. The number of carbonyl (C=O) groups excluding carboxylic acids is 1. The summed E-state index contributed by atoms with van der Waals surface area (Å²) in [5, 5.41) is 7.80. The Morgan fingerprint density at radius 2 is 2.15 bits per heavy atom. The fraction of sp³-hybridized carbons (Fsp3) is 0.278. The lowest BCUT2D eigenvalue weighted by atomic mass is 10.1. The van der Waals surface area contributed by atoms with Crippen molar-refractivity contribution in [3.63, 3.8) is 0 Å². The smallest absolute Gasteiger partial charge is 0.251 e. The normalized spacial score (nSPS) is 10.9. The Bertz CT molecular complexity index is 1010. The van der Waals surface area contributed by atoms with Gasteiger partial charge in [0.1, 0.15) is 11.5 Å². The maximum atomic E-state index is 12.2. The average Bonchev–Trinajstić information content (AvgIpc) is 3.00. The number of benzene rings is 1. The molecule has 3 rings (SSSR count). The number of hydrogen-bond donors (Lipinski definition) is 2. The van der Waals surface area contributed by atoms with E-state index in [0.29, 0.717) is 46.3 Å². The largest absolute Gasteiger partial charge is 0.495 e. The standard InChI is InChI=1S/C18H18ClN3O4/c1-10-5-13(22-26-10)8-17(23)20-4-3-11-6-12-7-16(25-2)14(19)9-15(12)21-18(11)24/h5-7,9H,3-4,8H2,1-2H3,(H,20,23)(H,21,24). The zero-order chi connectivity index (χ0) is 18.7. The molecule has 0 aliphatic heterocycles. The molecule has 8 heteroatoms. The first-order valence-corrected chi connectivity index (χ1v) is 8.42. The van der Waals surface area contributed by atoms with Crippen LogP contribution in [0.1, 0.15) is 17.0 Å². The molecule has 136 valence electrons. The van der Waals surface area contributed by atoms with Crippen molar-refractivity contribution in [3.05, 3.63) is 56.7 Å². The molecule has 1 amide bonds. The van der Waals surface area contributed by atoms with E-state index in [9.17, 15) is 9.59 Å². The predicted molar refractivity (Wildman–Crippen MR) is 97.8 cm³/mol. The van der Waals surface area contributed by atoms with Crippen LogP contribution in [0.25, 0.3) is 10.9 Å². The molecule has 0 saturated carbocycles. The molecule has 0 fully saturated rings. The van der Waals surface area contributed by atoms with E-state index in [4.69, 9.17) is 20.9 Å². The molecule has 1 aromatic carbocycles. The number of fused-ring (bicyclic) bond motifs is 1. The molecule has 0 atom stereocenters. The van der Waals surface area contributed by atoms with Gasteiger partial charge in [-0.3, -0.25) is 9.59 Å². The number of ether oxygens (including phenoxy) is 1. The first kappa shape index (κ1) is 18.0. The van der Waals surface area contributed by atoms with Gasteiger partial charge < -0.3 is 19.6 Å². The minimum atomic E-state index is -0.208. The van der Waals surface area contributed by atoms with Crippen LogP contribution in [0.15, 0.2) is 33.6 Å². The fourth-order valence-corrected chi connectivity index (χ4v) is 2.90. The molecule has 0 saturated heterocycles. The van der Waals surface area contributed by atoms with Crippen LogP contribution in [-0.2, 0) is 17.6 Å². The third-order valence-corrected chi connectivity index (χ3v) is 4.22. The van der Waals surface area contributed by atoms with Gasteiger partial charge in [-0.15, -0.1) is 0 Å². The lowest BCUT2D eigenvalue weighted by Gasteiger charge is -2.08. The number of H-pyrrole nitrogens is 1. The van der Waals surface area contributed by atoms with Gasteiger partial charge in [0, 0.05) is 23.6 Å². The molecular weight excluding hydrogens is 358 g/mol. The molecule has 3 aromatic rings. The topological polar surface area (TPSA) is 97.2 Å². The van der Waals surface area contributed by atoms with Gasteiger partial charge in [0.2, 0.25) is 5.91 Å². The summed E-state index contributed by atoms with van der Waals surface area (Å²) in [7, 11) is 1.53. The van der Waals surface area contributed by atoms with Crippen molar-refractivity contribution in [2.75, 3.05) is 13.7 Å². The lowest BCUT2D eigenvalue weighted by Crippen LogP contribution is -2.28. The van der Waals surface area contributed by atoms with Crippen LogP contribution in [0.5, 0.6) is 5.75 Å². The number of carbonyl (C=O) groups is 1. The summed E-state index contributed by atoms with van der Waals surface area (Å²) < 4.78 is 10.1. The van der Waals surface area contributed by atoms with Gasteiger partial charge in [0.15, 0.2) is 0 Å². The molecule has 2 aromatic heterocycles. The highest BCUT2D eigenvalue weighted by Crippen LogP contribution is 2.28. The van der Waals surface area contributed by atoms with E-state index in [1.165, 1.54) is 7.11 Å². The van der Waals surface area contributed by atoms with Crippen LogP contribution < -0.4 is 15.6 Å². The molecule has 0 spiro atoms. The summed E-state index contributed by atoms with van der Waals surface area (Å²) in [6, 6.07) is 6.91. The molecular formula is C18H18ClN3O4. The number of hydrogen-bond acceptors (Lipinski definition) is 5. The van der Waals surface area contributed by atoms with Gasteiger partial charge in [-0.2, -0.15) is 0 Å². The Kier molecular flexibility index (Phi) is 5.27. The monoisotopic (exact) mass is 375 g/mol. The first-order valence-electron chi connectivity index (χ1n) is 8.04. The predicted octanol–water partition coefficient (Wildman–Crippen LogP) is 2.39. The number of aryl methyl sites for hydroxylation is 1. The number of rotatable bonds is 6. The second-order valence-corrected chi connectivity index (χ2v) is 6.31. The Morgan fingerprint density at radius 1 is 1.35 bits per heavy atom. The average molecular weight is 376 g/mol. The van der Waals surface area contributed by atoms with E-state index in [1.54, 1.807) is 31.2 Å². The highest BCUT2D eigenvalue weighted by atomic mass is 35.5. The fourth-order valence-electron chi connectivity index (χ4n) is 2.66. The summed E-state index contributed by atoms with van der Waals surface area (Å²) in [6.07, 6.45) is 0.543. The van der Waals surface area contributed by atoms with Crippen molar-refractivity contribution in [3.8, 4) is 5.75 Å². The van der Waals surface area contributed by atoms with E-state index >= 15 is 0 Å². The van der Waals surface area contributed by atoms with Crippen molar-refractivity contribution in [2.24, 2.45) is 0 Å². The number of nitrogens with zero attached hydrogens (tertiary/aromatic N) is 1. The van der Waals surface area contributed by atoms with Gasteiger partial charge in [-0.05, 0) is 31.5 Å². The number of halogens is 1. The van der Waals surface area contributed by atoms with Crippen LogP contribution in [0.4, 0.5) is 0 Å². The van der Waals surface area contributed by atoms with E-state index in [0.717, 1.165) is 5.39 Å². The van der Waals surface area contributed by atoms with Gasteiger partial charge in [-0.25, -0.2) is 0 Å². The molecule has 0 unspecified atom stereocenters. The number of pyridine rings is 1. The zero-order valence-electron chi connectivity index (χ0n) is 14.4. The molecule has 0 radical (unpaired) electrons. The van der Waals surface area contributed by atoms with Gasteiger partial charge >= 0.3 is 0 Å². The highest BCUT2D eigenvalue weighted by molar-refractivity contribution is 6.32. The van der Waals surface area contributed by atoms with Crippen LogP contribution in [0.3, 0.4) is 0 Å². The summed E-state index contributed by atoms with van der Waals surface area (Å²) in [5.41, 5.74) is 1.57. The molecule has 2 heterocycles. The van der Waals surface area contributed by atoms with Crippen molar-refractivity contribution in [1.82, 2.24) is 15.5 Å². The summed E-state index contributed by atoms with van der Waals surface area (Å²) >= 11 is 6.08. The summed E-state index contributed by atoms with van der Waals surface area (Å²) in [5.74, 6) is 1.02. The summed E-state index contributed by atoms with van der Waals surface area (Å²) in [4.78, 5) is 26.9. The molecule has 2 N–H and O–H groups in total. The molecule has 26 heavy (non-hydrogen) atoms. The van der Waals surface area contributed by atoms with E-state index in [2.05, 4.69) is 15.5 Å². The van der Waals surface area contributed by atoms with Crippen LogP contribution in [0, 0.1) is 6.92 Å². The number of methoxy groups -OCH3 is 1. The SMILES string of the molecule is COc1cc2cc(CCNC(=O)Cc3cc(C)on3)c(=O)[nH]c2cc1Cl. The second kappa shape index (κ2) is 7.61. The third-order valence-electron chi connectivity index (χ3n) is 3.93. The zero-order valence-corrected chi connectivity index (χ0v) is 15.1. The van der Waals surface area contributed by atoms with Crippen LogP contribution >= 0.6 is 11.6 Å². The highest BCUT2D eigenvalue weighted by Gasteiger charge is 2.10. The summed E-state index contributed by atoms with van der Waals surface area (Å²) in [6.45, 7) is 2.11. The van der Waals surface area contributed by atoms with Crippen molar-refractivity contribution < 1.29 is 14.1 Å². The van der Waals surface area contributed by atoms with E-state index in [1.807, 2.05) is 0 Å².